The van der Waals surface area contributed by atoms with E-state index in [1.54, 1.807) is 0 Å². The Kier molecular flexibility index (Phi) is 3.54. The van der Waals surface area contributed by atoms with Crippen LogP contribution in [0.1, 0.15) is 5.56 Å². The Bertz CT molecular complexity index is 572. The van der Waals surface area contributed by atoms with Crippen molar-refractivity contribution in [3.05, 3.63) is 40.9 Å². The number of hydrogen-bond acceptors (Lipinski definition) is 3. The van der Waals surface area contributed by atoms with Gasteiger partial charge < -0.3 is 4.57 Å². The third-order valence-corrected chi connectivity index (χ3v) is 3.25. The summed E-state index contributed by atoms with van der Waals surface area (Å²) in [6.45, 7) is 0.203. The summed E-state index contributed by atoms with van der Waals surface area (Å²) in [5.74, 6) is -0.365. The third kappa shape index (κ3) is 2.70. The van der Waals surface area contributed by atoms with Crippen LogP contribution >= 0.6 is 11.6 Å². The molecule has 1 aromatic carbocycles. The molecule has 0 spiro atoms. The number of halogens is 2. The summed E-state index contributed by atoms with van der Waals surface area (Å²) in [5.41, 5.74) is 0.406. The van der Waals surface area contributed by atoms with E-state index in [0.29, 0.717) is 15.7 Å². The van der Waals surface area contributed by atoms with E-state index in [2.05, 4.69) is 10.2 Å². The minimum atomic E-state index is -1.26. The fourth-order valence-corrected chi connectivity index (χ4v) is 2.22. The molecule has 0 unspecified atom stereocenters. The quantitative estimate of drug-likeness (QED) is 0.858. The summed E-state index contributed by atoms with van der Waals surface area (Å²) in [6.07, 6.45) is 2.91. The van der Waals surface area contributed by atoms with E-state index in [1.165, 1.54) is 35.3 Å². The van der Waals surface area contributed by atoms with E-state index >= 15 is 0 Å². The molecular formula is C10H9ClFN3OS. The summed E-state index contributed by atoms with van der Waals surface area (Å²) >= 11 is 5.79. The van der Waals surface area contributed by atoms with Gasteiger partial charge in [-0.25, -0.2) is 4.39 Å². The SMILES string of the molecule is C[S@@](=O)c1nncn1Cc1cc(Cl)ccc1F. The van der Waals surface area contributed by atoms with Crippen molar-refractivity contribution in [3.63, 3.8) is 0 Å². The van der Waals surface area contributed by atoms with Crippen molar-refractivity contribution in [2.75, 3.05) is 6.26 Å². The molecule has 0 radical (unpaired) electrons. The van der Waals surface area contributed by atoms with Crippen molar-refractivity contribution < 1.29 is 8.60 Å². The zero-order valence-electron chi connectivity index (χ0n) is 8.93. The second-order valence-electron chi connectivity index (χ2n) is 3.43. The van der Waals surface area contributed by atoms with E-state index in [1.807, 2.05) is 0 Å². The molecule has 0 saturated heterocycles. The van der Waals surface area contributed by atoms with Crippen molar-refractivity contribution in [2.24, 2.45) is 0 Å². The number of benzene rings is 1. The maximum absolute atomic E-state index is 13.5. The molecule has 17 heavy (non-hydrogen) atoms. The van der Waals surface area contributed by atoms with Crippen LogP contribution in [0.2, 0.25) is 5.02 Å². The summed E-state index contributed by atoms with van der Waals surface area (Å²) < 4.78 is 26.4. The number of nitrogens with zero attached hydrogens (tertiary/aromatic N) is 3. The second-order valence-corrected chi connectivity index (χ2v) is 5.14. The summed E-state index contributed by atoms with van der Waals surface area (Å²) in [5, 5.41) is 8.14. The monoisotopic (exact) mass is 273 g/mol. The van der Waals surface area contributed by atoms with Gasteiger partial charge in [-0.2, -0.15) is 0 Å². The van der Waals surface area contributed by atoms with E-state index in [0.717, 1.165) is 0 Å². The van der Waals surface area contributed by atoms with Crippen LogP contribution in [0.4, 0.5) is 4.39 Å². The molecule has 0 aliphatic heterocycles. The van der Waals surface area contributed by atoms with Gasteiger partial charge in [0.05, 0.1) is 17.3 Å². The Balaban J connectivity index is 2.34. The average Bonchev–Trinajstić information content (AvgIpc) is 2.71. The zero-order valence-corrected chi connectivity index (χ0v) is 10.5. The summed E-state index contributed by atoms with van der Waals surface area (Å²) in [7, 11) is -1.26. The van der Waals surface area contributed by atoms with Gasteiger partial charge in [-0.3, -0.25) is 4.21 Å². The Morgan fingerprint density at radius 3 is 3.00 bits per heavy atom. The van der Waals surface area contributed by atoms with Gasteiger partial charge in [-0.1, -0.05) is 11.6 Å². The molecule has 1 aromatic heterocycles. The molecule has 0 fully saturated rings. The molecule has 2 aromatic rings. The third-order valence-electron chi connectivity index (χ3n) is 2.19. The van der Waals surface area contributed by atoms with Crippen LogP contribution in [-0.2, 0) is 17.3 Å². The molecule has 0 N–H and O–H groups in total. The lowest BCUT2D eigenvalue weighted by molar-refractivity contribution is 0.586. The Morgan fingerprint density at radius 1 is 1.53 bits per heavy atom. The number of hydrogen-bond donors (Lipinski definition) is 0. The normalized spacial score (nSPS) is 12.6. The van der Waals surface area contributed by atoms with Crippen molar-refractivity contribution in [1.29, 1.82) is 0 Å². The van der Waals surface area contributed by atoms with Crippen molar-refractivity contribution in [2.45, 2.75) is 11.7 Å². The largest absolute Gasteiger partial charge is 0.302 e. The molecule has 0 bridgehead atoms. The van der Waals surface area contributed by atoms with Crippen molar-refractivity contribution in [1.82, 2.24) is 14.8 Å². The molecular weight excluding hydrogens is 265 g/mol. The highest BCUT2D eigenvalue weighted by Gasteiger charge is 2.10. The fourth-order valence-electron chi connectivity index (χ4n) is 1.42. The van der Waals surface area contributed by atoms with Crippen LogP contribution in [0.25, 0.3) is 0 Å². The average molecular weight is 274 g/mol. The fraction of sp³-hybridized carbons (Fsp3) is 0.200. The first-order valence-corrected chi connectivity index (χ1v) is 6.66. The smallest absolute Gasteiger partial charge is 0.221 e. The molecule has 0 aliphatic carbocycles. The minimum absolute atomic E-state index is 0.203. The lowest BCUT2D eigenvalue weighted by atomic mass is 10.2. The predicted molar refractivity (Wildman–Crippen MR) is 62.9 cm³/mol. The molecule has 90 valence electrons. The molecule has 0 saturated carbocycles. The van der Waals surface area contributed by atoms with Gasteiger partial charge in [0, 0.05) is 16.8 Å². The lowest BCUT2D eigenvalue weighted by Gasteiger charge is -2.06. The van der Waals surface area contributed by atoms with Gasteiger partial charge in [-0.15, -0.1) is 10.2 Å². The predicted octanol–water partition coefficient (Wildman–Crippen LogP) is 1.86. The Labute approximate surface area is 105 Å². The maximum atomic E-state index is 13.5. The van der Waals surface area contributed by atoms with E-state index < -0.39 is 10.8 Å². The Morgan fingerprint density at radius 2 is 2.29 bits per heavy atom. The first-order valence-electron chi connectivity index (χ1n) is 4.73. The molecule has 0 aliphatic rings. The van der Waals surface area contributed by atoms with Crippen molar-refractivity contribution >= 4 is 22.4 Å². The van der Waals surface area contributed by atoms with Crippen LogP contribution < -0.4 is 0 Å². The Hall–Kier alpha value is -1.27. The highest BCUT2D eigenvalue weighted by molar-refractivity contribution is 7.84. The van der Waals surface area contributed by atoms with Crippen LogP contribution in [-0.4, -0.2) is 25.2 Å². The zero-order chi connectivity index (χ0) is 12.4. The van der Waals surface area contributed by atoms with Gasteiger partial charge in [0.2, 0.25) is 5.16 Å². The van der Waals surface area contributed by atoms with E-state index in [4.69, 9.17) is 11.6 Å². The summed E-state index contributed by atoms with van der Waals surface area (Å²) in [4.78, 5) is 0. The van der Waals surface area contributed by atoms with Gasteiger partial charge in [0.15, 0.2) is 0 Å². The maximum Gasteiger partial charge on any atom is 0.221 e. The molecule has 1 atom stereocenters. The minimum Gasteiger partial charge on any atom is -0.302 e. The number of aromatic nitrogens is 3. The highest BCUT2D eigenvalue weighted by Crippen LogP contribution is 2.16. The number of rotatable bonds is 3. The van der Waals surface area contributed by atoms with Gasteiger partial charge in [-0.05, 0) is 18.2 Å². The lowest BCUT2D eigenvalue weighted by Crippen LogP contribution is -2.06. The molecule has 2 rings (SSSR count). The standard InChI is InChI=1S/C10H9ClFN3OS/c1-17(16)10-14-13-6-15(10)5-7-4-8(11)2-3-9(7)12/h2-4,6H,5H2,1H3/t17-/m1/s1. The van der Waals surface area contributed by atoms with E-state index in [9.17, 15) is 8.60 Å². The molecule has 1 heterocycles. The van der Waals surface area contributed by atoms with Crippen LogP contribution in [0.15, 0.2) is 29.7 Å². The van der Waals surface area contributed by atoms with Crippen LogP contribution in [0.5, 0.6) is 0 Å². The van der Waals surface area contributed by atoms with Crippen LogP contribution in [0.3, 0.4) is 0 Å². The van der Waals surface area contributed by atoms with Gasteiger partial charge in [0.25, 0.3) is 0 Å². The van der Waals surface area contributed by atoms with E-state index in [-0.39, 0.29) is 12.4 Å². The topological polar surface area (TPSA) is 47.8 Å². The highest BCUT2D eigenvalue weighted by atomic mass is 35.5. The second kappa shape index (κ2) is 4.93. The molecule has 7 heteroatoms. The van der Waals surface area contributed by atoms with Crippen LogP contribution in [0, 0.1) is 5.82 Å². The first-order chi connectivity index (χ1) is 8.08. The van der Waals surface area contributed by atoms with Gasteiger partial charge >= 0.3 is 0 Å². The molecule has 4 nitrogen and oxygen atoms in total. The molecule has 0 amide bonds. The summed E-state index contributed by atoms with van der Waals surface area (Å²) in [6, 6.07) is 4.30. The van der Waals surface area contributed by atoms with Crippen molar-refractivity contribution in [3.8, 4) is 0 Å². The van der Waals surface area contributed by atoms with Gasteiger partial charge in [0.1, 0.15) is 12.1 Å². The first kappa shape index (κ1) is 12.2.